The molecule has 15 heavy (non-hydrogen) atoms. The first-order valence-electron chi connectivity index (χ1n) is 4.74. The number of carbonyl (C=O) groups is 2. The molecule has 0 aliphatic carbocycles. The van der Waals surface area contributed by atoms with E-state index in [9.17, 15) is 9.59 Å². The second-order valence-corrected chi connectivity index (χ2v) is 3.72. The zero-order valence-electron chi connectivity index (χ0n) is 9.13. The van der Waals surface area contributed by atoms with Gasteiger partial charge in [-0.05, 0) is 43.5 Å². The summed E-state index contributed by atoms with van der Waals surface area (Å²) in [5, 5.41) is 8.72. The molecule has 0 saturated carbocycles. The molecule has 0 aromatic heterocycles. The fraction of sp³-hybridized carbons (Fsp3) is 0.333. The van der Waals surface area contributed by atoms with Crippen LogP contribution in [0.2, 0.25) is 0 Å². The van der Waals surface area contributed by atoms with Gasteiger partial charge >= 0.3 is 5.97 Å². The van der Waals surface area contributed by atoms with Gasteiger partial charge in [-0.15, -0.1) is 0 Å². The number of Topliss-reactive ketones (excluding diaryl/α,β-unsaturated/α-hetero) is 1. The zero-order chi connectivity index (χ0) is 11.6. The van der Waals surface area contributed by atoms with E-state index in [1.165, 1.54) is 6.92 Å². The van der Waals surface area contributed by atoms with Crippen LogP contribution in [0.15, 0.2) is 12.1 Å². The SMILES string of the molecule is CC(=O)c1cc(C)c(C)cc1CC(=O)O. The van der Waals surface area contributed by atoms with Crippen molar-refractivity contribution >= 4 is 11.8 Å². The van der Waals surface area contributed by atoms with Crippen LogP contribution in [0.3, 0.4) is 0 Å². The van der Waals surface area contributed by atoms with Gasteiger partial charge in [0.05, 0.1) is 6.42 Å². The third kappa shape index (κ3) is 2.65. The summed E-state index contributed by atoms with van der Waals surface area (Å²) in [6.07, 6.45) is -0.101. The molecule has 0 amide bonds. The van der Waals surface area contributed by atoms with Crippen molar-refractivity contribution in [2.45, 2.75) is 27.2 Å². The van der Waals surface area contributed by atoms with Gasteiger partial charge in [-0.2, -0.15) is 0 Å². The van der Waals surface area contributed by atoms with Crippen molar-refractivity contribution in [3.63, 3.8) is 0 Å². The zero-order valence-corrected chi connectivity index (χ0v) is 9.13. The van der Waals surface area contributed by atoms with Crippen LogP contribution >= 0.6 is 0 Å². The average molecular weight is 206 g/mol. The van der Waals surface area contributed by atoms with Crippen molar-refractivity contribution in [2.24, 2.45) is 0 Å². The normalized spacial score (nSPS) is 10.1. The van der Waals surface area contributed by atoms with Gasteiger partial charge in [0, 0.05) is 5.56 Å². The summed E-state index contributed by atoms with van der Waals surface area (Å²) in [6.45, 7) is 5.27. The van der Waals surface area contributed by atoms with E-state index in [0.29, 0.717) is 11.1 Å². The lowest BCUT2D eigenvalue weighted by Gasteiger charge is -2.08. The third-order valence-electron chi connectivity index (χ3n) is 2.44. The Labute approximate surface area is 88.7 Å². The first kappa shape index (κ1) is 11.4. The second-order valence-electron chi connectivity index (χ2n) is 3.72. The minimum Gasteiger partial charge on any atom is -0.481 e. The third-order valence-corrected chi connectivity index (χ3v) is 2.44. The molecular weight excluding hydrogens is 192 g/mol. The summed E-state index contributed by atoms with van der Waals surface area (Å²) in [4.78, 5) is 21.9. The number of hydrogen-bond acceptors (Lipinski definition) is 2. The Bertz CT molecular complexity index is 419. The molecule has 1 N–H and O–H groups in total. The first-order chi connectivity index (χ1) is 6.91. The van der Waals surface area contributed by atoms with E-state index in [1.807, 2.05) is 13.8 Å². The molecule has 0 bridgehead atoms. The minimum atomic E-state index is -0.916. The molecule has 0 fully saturated rings. The lowest BCUT2D eigenvalue weighted by atomic mass is 9.96. The van der Waals surface area contributed by atoms with Crippen LogP contribution in [-0.4, -0.2) is 16.9 Å². The molecule has 3 heteroatoms. The Morgan fingerprint density at radius 2 is 1.73 bits per heavy atom. The van der Waals surface area contributed by atoms with Crippen molar-refractivity contribution in [3.8, 4) is 0 Å². The fourth-order valence-corrected chi connectivity index (χ4v) is 1.51. The molecule has 0 aliphatic heterocycles. The van der Waals surface area contributed by atoms with E-state index in [0.717, 1.165) is 11.1 Å². The van der Waals surface area contributed by atoms with Crippen molar-refractivity contribution in [1.82, 2.24) is 0 Å². The van der Waals surface area contributed by atoms with Crippen molar-refractivity contribution in [3.05, 3.63) is 34.4 Å². The van der Waals surface area contributed by atoms with Gasteiger partial charge in [0.1, 0.15) is 0 Å². The lowest BCUT2D eigenvalue weighted by molar-refractivity contribution is -0.136. The van der Waals surface area contributed by atoms with Gasteiger partial charge in [-0.3, -0.25) is 9.59 Å². The Morgan fingerprint density at radius 1 is 1.20 bits per heavy atom. The fourth-order valence-electron chi connectivity index (χ4n) is 1.51. The molecule has 0 aliphatic rings. The predicted octanol–water partition coefficient (Wildman–Crippen LogP) is 2.13. The Hall–Kier alpha value is -1.64. The van der Waals surface area contributed by atoms with Crippen LogP contribution in [0, 0.1) is 13.8 Å². The maximum atomic E-state index is 11.3. The molecule has 0 atom stereocenters. The number of carboxylic acid groups (broad SMARTS) is 1. The standard InChI is InChI=1S/C12H14O3/c1-7-4-10(6-12(14)15)11(9(3)13)5-8(7)2/h4-5H,6H2,1-3H3,(H,14,15). The number of aliphatic carboxylic acids is 1. The van der Waals surface area contributed by atoms with E-state index >= 15 is 0 Å². The first-order valence-corrected chi connectivity index (χ1v) is 4.74. The summed E-state index contributed by atoms with van der Waals surface area (Å²) >= 11 is 0. The van der Waals surface area contributed by atoms with Gasteiger partial charge in [-0.25, -0.2) is 0 Å². The van der Waals surface area contributed by atoms with Crippen LogP contribution in [0.25, 0.3) is 0 Å². The molecule has 0 saturated heterocycles. The number of hydrogen-bond donors (Lipinski definition) is 1. The van der Waals surface area contributed by atoms with Crippen LogP contribution in [0.4, 0.5) is 0 Å². The summed E-state index contributed by atoms with van der Waals surface area (Å²) < 4.78 is 0. The maximum absolute atomic E-state index is 11.3. The van der Waals surface area contributed by atoms with Crippen LogP contribution in [0.1, 0.15) is 34.0 Å². The topological polar surface area (TPSA) is 54.4 Å². The predicted molar refractivity (Wildman–Crippen MR) is 57.3 cm³/mol. The number of ketones is 1. The Kier molecular flexibility index (Phi) is 3.24. The summed E-state index contributed by atoms with van der Waals surface area (Å²) in [7, 11) is 0. The van der Waals surface area contributed by atoms with E-state index in [2.05, 4.69) is 0 Å². The molecular formula is C12H14O3. The summed E-state index contributed by atoms with van der Waals surface area (Å²) in [5.74, 6) is -1.00. The second kappa shape index (κ2) is 4.26. The van der Waals surface area contributed by atoms with E-state index < -0.39 is 5.97 Å². The monoisotopic (exact) mass is 206 g/mol. The molecule has 1 aromatic rings. The highest BCUT2D eigenvalue weighted by atomic mass is 16.4. The van der Waals surface area contributed by atoms with Gasteiger partial charge in [0.15, 0.2) is 5.78 Å². The van der Waals surface area contributed by atoms with Crippen molar-refractivity contribution < 1.29 is 14.7 Å². The summed E-state index contributed by atoms with van der Waals surface area (Å²) in [6, 6.07) is 3.54. The van der Waals surface area contributed by atoms with Crippen molar-refractivity contribution in [2.75, 3.05) is 0 Å². The van der Waals surface area contributed by atoms with E-state index in [-0.39, 0.29) is 12.2 Å². The van der Waals surface area contributed by atoms with Crippen LogP contribution < -0.4 is 0 Å². The minimum absolute atomic E-state index is 0.0886. The van der Waals surface area contributed by atoms with Crippen LogP contribution in [0.5, 0.6) is 0 Å². The molecule has 0 unspecified atom stereocenters. The number of rotatable bonds is 3. The van der Waals surface area contributed by atoms with Gasteiger partial charge in [0.2, 0.25) is 0 Å². The Morgan fingerprint density at radius 3 is 2.20 bits per heavy atom. The van der Waals surface area contributed by atoms with E-state index in [1.54, 1.807) is 12.1 Å². The van der Waals surface area contributed by atoms with Gasteiger partial charge in [-0.1, -0.05) is 6.07 Å². The smallest absolute Gasteiger partial charge is 0.307 e. The number of benzene rings is 1. The number of aryl methyl sites for hydroxylation is 2. The molecule has 3 nitrogen and oxygen atoms in total. The largest absolute Gasteiger partial charge is 0.481 e. The number of carboxylic acids is 1. The van der Waals surface area contributed by atoms with Gasteiger partial charge in [0.25, 0.3) is 0 Å². The van der Waals surface area contributed by atoms with E-state index in [4.69, 9.17) is 5.11 Å². The van der Waals surface area contributed by atoms with Gasteiger partial charge < -0.3 is 5.11 Å². The molecule has 0 radical (unpaired) electrons. The van der Waals surface area contributed by atoms with Crippen LogP contribution in [-0.2, 0) is 11.2 Å². The Balaban J connectivity index is 3.28. The van der Waals surface area contributed by atoms with Crippen molar-refractivity contribution in [1.29, 1.82) is 0 Å². The quantitative estimate of drug-likeness (QED) is 0.771. The highest BCUT2D eigenvalue weighted by Crippen LogP contribution is 2.17. The molecule has 0 spiro atoms. The maximum Gasteiger partial charge on any atom is 0.307 e. The number of carbonyl (C=O) groups excluding carboxylic acids is 1. The molecule has 80 valence electrons. The molecule has 1 rings (SSSR count). The molecule has 0 heterocycles. The highest BCUT2D eigenvalue weighted by Gasteiger charge is 2.11. The average Bonchev–Trinajstić information content (AvgIpc) is 2.09. The highest BCUT2D eigenvalue weighted by molar-refractivity contribution is 5.96. The summed E-state index contributed by atoms with van der Waals surface area (Å²) in [5.41, 5.74) is 3.13. The lowest BCUT2D eigenvalue weighted by Crippen LogP contribution is -2.07. The molecule has 1 aromatic carbocycles.